The van der Waals surface area contributed by atoms with Gasteiger partial charge in [-0.1, -0.05) is 57.2 Å². The molecule has 13 heavy (non-hydrogen) atoms. The van der Waals surface area contributed by atoms with Gasteiger partial charge in [-0.25, -0.2) is 0 Å². The maximum Gasteiger partial charge on any atom is 0.0245 e. The van der Waals surface area contributed by atoms with Crippen LogP contribution in [0.3, 0.4) is 0 Å². The van der Waals surface area contributed by atoms with Crippen molar-refractivity contribution in [3.05, 3.63) is 35.9 Å². The number of hydrogen-bond donors (Lipinski definition) is 0. The van der Waals surface area contributed by atoms with E-state index in [1.54, 1.807) is 0 Å². The standard InChI is InChI=1S/C10H10.C3H8/c1-2-3-7-10-8-5-4-6-9-10;1-3-2/h4-6,8-9H,2H2,1H3;3H2,1-2H3. The fourth-order valence-electron chi connectivity index (χ4n) is 0.712. The van der Waals surface area contributed by atoms with E-state index < -0.39 is 0 Å². The molecule has 0 aromatic heterocycles. The monoisotopic (exact) mass is 174 g/mol. The summed E-state index contributed by atoms with van der Waals surface area (Å²) in [5.41, 5.74) is 1.10. The first-order valence-corrected chi connectivity index (χ1v) is 4.89. The summed E-state index contributed by atoms with van der Waals surface area (Å²) in [7, 11) is 0. The highest BCUT2D eigenvalue weighted by Crippen LogP contribution is 1.94. The van der Waals surface area contributed by atoms with Crippen LogP contribution < -0.4 is 0 Å². The van der Waals surface area contributed by atoms with Gasteiger partial charge < -0.3 is 0 Å². The smallest absolute Gasteiger partial charge is 0.0245 e. The van der Waals surface area contributed by atoms with Crippen LogP contribution in [0.2, 0.25) is 0 Å². The van der Waals surface area contributed by atoms with Crippen LogP contribution in [0.5, 0.6) is 0 Å². The molecule has 0 N–H and O–H groups in total. The van der Waals surface area contributed by atoms with Crippen LogP contribution >= 0.6 is 0 Å². The molecule has 0 nitrogen and oxygen atoms in total. The number of rotatable bonds is 0. The molecule has 0 heterocycles. The average molecular weight is 174 g/mol. The van der Waals surface area contributed by atoms with Crippen LogP contribution in [0.1, 0.15) is 39.2 Å². The summed E-state index contributed by atoms with van der Waals surface area (Å²) in [4.78, 5) is 0. The van der Waals surface area contributed by atoms with Crippen molar-refractivity contribution in [1.82, 2.24) is 0 Å². The van der Waals surface area contributed by atoms with Gasteiger partial charge in [-0.3, -0.25) is 0 Å². The first kappa shape index (κ1) is 11.8. The van der Waals surface area contributed by atoms with Crippen molar-refractivity contribution in [2.24, 2.45) is 0 Å². The van der Waals surface area contributed by atoms with Gasteiger partial charge in [0, 0.05) is 12.0 Å². The first-order valence-electron chi connectivity index (χ1n) is 4.89. The molecule has 0 aliphatic heterocycles. The summed E-state index contributed by atoms with van der Waals surface area (Å²) in [6.45, 7) is 6.30. The molecule has 0 saturated carbocycles. The van der Waals surface area contributed by atoms with E-state index in [1.165, 1.54) is 6.42 Å². The summed E-state index contributed by atoms with van der Waals surface area (Å²) in [5.74, 6) is 6.06. The van der Waals surface area contributed by atoms with Crippen LogP contribution in [0.15, 0.2) is 30.3 Å². The molecular formula is C13H18. The minimum atomic E-state index is 0.925. The van der Waals surface area contributed by atoms with Crippen LogP contribution in [-0.4, -0.2) is 0 Å². The van der Waals surface area contributed by atoms with Gasteiger partial charge in [0.25, 0.3) is 0 Å². The Morgan fingerprint density at radius 1 is 1.00 bits per heavy atom. The van der Waals surface area contributed by atoms with Gasteiger partial charge in [-0.05, 0) is 12.1 Å². The molecule has 1 rings (SSSR count). The van der Waals surface area contributed by atoms with Gasteiger partial charge in [0.05, 0.1) is 0 Å². The minimum absolute atomic E-state index is 0.925. The van der Waals surface area contributed by atoms with Crippen molar-refractivity contribution in [2.75, 3.05) is 0 Å². The van der Waals surface area contributed by atoms with Gasteiger partial charge in [-0.2, -0.15) is 0 Å². The van der Waals surface area contributed by atoms with E-state index in [0.29, 0.717) is 0 Å². The van der Waals surface area contributed by atoms with E-state index in [1.807, 2.05) is 30.3 Å². The molecule has 0 unspecified atom stereocenters. The van der Waals surface area contributed by atoms with Crippen molar-refractivity contribution in [2.45, 2.75) is 33.6 Å². The Balaban J connectivity index is 0.000000424. The average Bonchev–Trinajstić information content (AvgIpc) is 2.18. The normalized spacial score (nSPS) is 7.62. The summed E-state index contributed by atoms with van der Waals surface area (Å²) >= 11 is 0. The Morgan fingerprint density at radius 2 is 1.54 bits per heavy atom. The Bertz CT molecular complexity index is 248. The Kier molecular flexibility index (Phi) is 8.04. The molecule has 1 aromatic rings. The van der Waals surface area contributed by atoms with Crippen LogP contribution in [0.4, 0.5) is 0 Å². The van der Waals surface area contributed by atoms with E-state index in [2.05, 4.69) is 32.6 Å². The highest BCUT2D eigenvalue weighted by molar-refractivity contribution is 5.33. The van der Waals surface area contributed by atoms with Gasteiger partial charge in [0.15, 0.2) is 0 Å². The highest BCUT2D eigenvalue weighted by atomic mass is 13.8. The van der Waals surface area contributed by atoms with Crippen molar-refractivity contribution in [1.29, 1.82) is 0 Å². The lowest BCUT2D eigenvalue weighted by Gasteiger charge is -1.84. The summed E-state index contributed by atoms with van der Waals surface area (Å²) in [6, 6.07) is 10.0. The van der Waals surface area contributed by atoms with E-state index in [0.717, 1.165) is 12.0 Å². The zero-order valence-electron chi connectivity index (χ0n) is 8.80. The fraction of sp³-hybridized carbons (Fsp3) is 0.385. The number of hydrogen-bond acceptors (Lipinski definition) is 0. The zero-order chi connectivity index (χ0) is 9.94. The molecule has 0 aliphatic carbocycles. The second-order valence-corrected chi connectivity index (χ2v) is 2.73. The van der Waals surface area contributed by atoms with E-state index >= 15 is 0 Å². The van der Waals surface area contributed by atoms with Crippen LogP contribution in [0, 0.1) is 11.8 Å². The first-order chi connectivity index (χ1) is 6.35. The van der Waals surface area contributed by atoms with Gasteiger partial charge in [0.1, 0.15) is 0 Å². The Morgan fingerprint density at radius 3 is 2.00 bits per heavy atom. The number of benzene rings is 1. The van der Waals surface area contributed by atoms with E-state index in [-0.39, 0.29) is 0 Å². The second-order valence-electron chi connectivity index (χ2n) is 2.73. The summed E-state index contributed by atoms with van der Waals surface area (Å²) in [6.07, 6.45) is 2.18. The highest BCUT2D eigenvalue weighted by Gasteiger charge is 1.78. The molecule has 70 valence electrons. The summed E-state index contributed by atoms with van der Waals surface area (Å²) < 4.78 is 0. The summed E-state index contributed by atoms with van der Waals surface area (Å²) in [5, 5.41) is 0. The Labute approximate surface area is 82.0 Å². The van der Waals surface area contributed by atoms with Crippen LogP contribution in [-0.2, 0) is 0 Å². The maximum atomic E-state index is 3.04. The zero-order valence-corrected chi connectivity index (χ0v) is 8.80. The van der Waals surface area contributed by atoms with Crippen LogP contribution in [0.25, 0.3) is 0 Å². The molecule has 1 aromatic carbocycles. The van der Waals surface area contributed by atoms with Gasteiger partial charge in [0.2, 0.25) is 0 Å². The molecule has 0 bridgehead atoms. The predicted molar refractivity (Wildman–Crippen MR) is 59.6 cm³/mol. The van der Waals surface area contributed by atoms with E-state index in [4.69, 9.17) is 0 Å². The molecule has 0 atom stereocenters. The molecular weight excluding hydrogens is 156 g/mol. The lowest BCUT2D eigenvalue weighted by molar-refractivity contribution is 1.09. The minimum Gasteiger partial charge on any atom is -0.0982 e. The van der Waals surface area contributed by atoms with Crippen molar-refractivity contribution in [3.63, 3.8) is 0 Å². The third kappa shape index (κ3) is 7.15. The van der Waals surface area contributed by atoms with Crippen molar-refractivity contribution < 1.29 is 0 Å². The quantitative estimate of drug-likeness (QED) is 0.524. The molecule has 0 saturated heterocycles. The predicted octanol–water partition coefficient (Wildman–Crippen LogP) is 3.86. The fourth-order valence-corrected chi connectivity index (χ4v) is 0.712. The van der Waals surface area contributed by atoms with Gasteiger partial charge in [-0.15, -0.1) is 0 Å². The topological polar surface area (TPSA) is 0 Å². The largest absolute Gasteiger partial charge is 0.0982 e. The molecule has 0 amide bonds. The van der Waals surface area contributed by atoms with E-state index in [9.17, 15) is 0 Å². The molecule has 0 heteroatoms. The second kappa shape index (κ2) is 8.87. The molecule has 0 fully saturated rings. The lowest BCUT2D eigenvalue weighted by atomic mass is 10.2. The lowest BCUT2D eigenvalue weighted by Crippen LogP contribution is -1.69. The van der Waals surface area contributed by atoms with Crippen molar-refractivity contribution in [3.8, 4) is 11.8 Å². The third-order valence-corrected chi connectivity index (χ3v) is 1.18. The van der Waals surface area contributed by atoms with Crippen molar-refractivity contribution >= 4 is 0 Å². The van der Waals surface area contributed by atoms with Gasteiger partial charge >= 0.3 is 0 Å². The molecule has 0 aliphatic rings. The Hall–Kier alpha value is -1.22. The third-order valence-electron chi connectivity index (χ3n) is 1.18. The molecule has 0 radical (unpaired) electrons. The SMILES string of the molecule is CCC.CCC#Cc1ccccc1. The molecule has 0 spiro atoms. The maximum absolute atomic E-state index is 3.04.